The highest BCUT2D eigenvalue weighted by atomic mass is 35.5. The predicted octanol–water partition coefficient (Wildman–Crippen LogP) is 5.42. The Balaban J connectivity index is 1.38. The van der Waals surface area contributed by atoms with Gasteiger partial charge in [-0.2, -0.15) is 0 Å². The monoisotopic (exact) mass is 466 g/mol. The fourth-order valence-electron chi connectivity index (χ4n) is 3.64. The van der Waals surface area contributed by atoms with Crippen molar-refractivity contribution in [3.8, 4) is 16.2 Å². The summed E-state index contributed by atoms with van der Waals surface area (Å²) in [5.74, 6) is 0.525. The molecule has 0 aliphatic carbocycles. The molecule has 3 aromatic rings. The largest absolute Gasteiger partial charge is 0.486 e. The summed E-state index contributed by atoms with van der Waals surface area (Å²) >= 11 is 7.92. The van der Waals surface area contributed by atoms with Crippen LogP contribution in [0.15, 0.2) is 42.5 Å². The number of Topliss-reactive ketones (excluding diaryl/α,β-unsaturated/α-hetero) is 1. The quantitative estimate of drug-likeness (QED) is 0.389. The van der Waals surface area contributed by atoms with E-state index in [0.29, 0.717) is 23.7 Å². The minimum atomic E-state index is -0.188. The minimum absolute atomic E-state index is 0.0514. The summed E-state index contributed by atoms with van der Waals surface area (Å²) in [5.41, 5.74) is 4.71. The number of ketones is 1. The Bertz CT molecular complexity index is 1230. The maximum absolute atomic E-state index is 12.3. The molecule has 1 aromatic carbocycles. The molecule has 1 aliphatic rings. The number of fused-ring (bicyclic) bond motifs is 1. The first-order chi connectivity index (χ1) is 15.3. The van der Waals surface area contributed by atoms with Gasteiger partial charge >= 0.3 is 0 Å². The molecule has 1 amide bonds. The summed E-state index contributed by atoms with van der Waals surface area (Å²) < 4.78 is 5.99. The van der Waals surface area contributed by atoms with Crippen molar-refractivity contribution in [2.75, 3.05) is 6.54 Å². The van der Waals surface area contributed by atoms with Gasteiger partial charge in [-0.05, 0) is 68.3 Å². The van der Waals surface area contributed by atoms with Gasteiger partial charge in [0.1, 0.15) is 11.9 Å². The Kier molecular flexibility index (Phi) is 6.44. The third kappa shape index (κ3) is 4.92. The summed E-state index contributed by atoms with van der Waals surface area (Å²) in [5, 5.41) is 3.43. The van der Waals surface area contributed by atoms with Gasteiger partial charge < -0.3 is 10.1 Å². The summed E-state index contributed by atoms with van der Waals surface area (Å²) in [6.07, 6.45) is 3.74. The first kappa shape index (κ1) is 22.2. The minimum Gasteiger partial charge on any atom is -0.486 e. The SMILES string of the molecule is CC(=O)c1ccc(-c2cc(Cl)c3c(c2)CC(CNC(=O)/C=C/c2ccc(C)nc2C)O3)s1. The molecule has 1 N–H and O–H groups in total. The van der Waals surface area contributed by atoms with Crippen LogP contribution >= 0.6 is 22.9 Å². The van der Waals surface area contributed by atoms with E-state index in [2.05, 4.69) is 10.3 Å². The molecule has 0 spiro atoms. The van der Waals surface area contributed by atoms with Gasteiger partial charge in [-0.3, -0.25) is 14.6 Å². The average molecular weight is 467 g/mol. The number of rotatable bonds is 6. The van der Waals surface area contributed by atoms with Crippen LogP contribution in [0.4, 0.5) is 0 Å². The van der Waals surface area contributed by atoms with Gasteiger partial charge in [0.15, 0.2) is 5.78 Å². The number of thiophene rings is 1. The van der Waals surface area contributed by atoms with E-state index in [0.717, 1.165) is 37.8 Å². The van der Waals surface area contributed by atoms with Crippen LogP contribution in [0, 0.1) is 13.8 Å². The van der Waals surface area contributed by atoms with Gasteiger partial charge in [0.25, 0.3) is 0 Å². The summed E-state index contributed by atoms with van der Waals surface area (Å²) in [6.45, 7) is 5.79. The van der Waals surface area contributed by atoms with E-state index >= 15 is 0 Å². The number of halogens is 1. The highest BCUT2D eigenvalue weighted by Crippen LogP contribution is 2.41. The van der Waals surface area contributed by atoms with Crippen LogP contribution in [-0.2, 0) is 11.2 Å². The average Bonchev–Trinajstić information content (AvgIpc) is 3.39. The topological polar surface area (TPSA) is 68.3 Å². The van der Waals surface area contributed by atoms with E-state index in [-0.39, 0.29) is 17.8 Å². The third-order valence-electron chi connectivity index (χ3n) is 5.27. The van der Waals surface area contributed by atoms with E-state index in [1.165, 1.54) is 17.4 Å². The van der Waals surface area contributed by atoms with Crippen LogP contribution in [-0.4, -0.2) is 29.3 Å². The van der Waals surface area contributed by atoms with Crippen LogP contribution in [0.3, 0.4) is 0 Å². The lowest BCUT2D eigenvalue weighted by Crippen LogP contribution is -2.33. The lowest BCUT2D eigenvalue weighted by molar-refractivity contribution is -0.116. The molecular weight excluding hydrogens is 444 g/mol. The maximum Gasteiger partial charge on any atom is 0.244 e. The van der Waals surface area contributed by atoms with E-state index in [9.17, 15) is 9.59 Å². The van der Waals surface area contributed by atoms with Crippen LogP contribution < -0.4 is 10.1 Å². The number of ether oxygens (including phenoxy) is 1. The molecule has 1 unspecified atom stereocenters. The standard InChI is InChI=1S/C25H23ClN2O3S/c1-14-4-5-17(15(2)28-14)6-9-24(30)27-13-20-11-19-10-18(12-21(26)25(19)31-20)23-8-7-22(32-23)16(3)29/h4-10,12,20H,11,13H2,1-3H3,(H,27,30)/b9-6+. The smallest absolute Gasteiger partial charge is 0.244 e. The van der Waals surface area contributed by atoms with Gasteiger partial charge in [0.2, 0.25) is 5.91 Å². The van der Waals surface area contributed by atoms with Gasteiger partial charge in [0.05, 0.1) is 16.4 Å². The van der Waals surface area contributed by atoms with E-state index in [1.807, 2.05) is 50.2 Å². The zero-order chi connectivity index (χ0) is 22.8. The molecule has 0 radical (unpaired) electrons. The molecule has 0 bridgehead atoms. The molecule has 2 aromatic heterocycles. The Hall–Kier alpha value is -2.96. The molecule has 7 heteroatoms. The van der Waals surface area contributed by atoms with Gasteiger partial charge in [-0.15, -0.1) is 11.3 Å². The number of pyridine rings is 1. The molecule has 3 heterocycles. The third-order valence-corrected chi connectivity index (χ3v) is 6.79. The lowest BCUT2D eigenvalue weighted by Gasteiger charge is -2.11. The predicted molar refractivity (Wildman–Crippen MR) is 129 cm³/mol. The summed E-state index contributed by atoms with van der Waals surface area (Å²) in [7, 11) is 0. The molecule has 5 nitrogen and oxygen atoms in total. The van der Waals surface area contributed by atoms with Crippen molar-refractivity contribution in [3.05, 3.63) is 74.9 Å². The van der Waals surface area contributed by atoms with E-state index < -0.39 is 0 Å². The Morgan fingerprint density at radius 3 is 2.78 bits per heavy atom. The summed E-state index contributed by atoms with van der Waals surface area (Å²) in [6, 6.07) is 11.5. The molecule has 1 atom stereocenters. The highest BCUT2D eigenvalue weighted by Gasteiger charge is 2.26. The molecule has 4 rings (SSSR count). The number of benzene rings is 1. The molecular formula is C25H23ClN2O3S. The molecule has 164 valence electrons. The Labute approximate surface area is 196 Å². The molecule has 1 aliphatic heterocycles. The Morgan fingerprint density at radius 2 is 2.06 bits per heavy atom. The number of aromatic nitrogens is 1. The zero-order valence-corrected chi connectivity index (χ0v) is 19.6. The normalized spacial score (nSPS) is 14.9. The van der Waals surface area contributed by atoms with Crippen LogP contribution in [0.5, 0.6) is 5.75 Å². The van der Waals surface area contributed by atoms with Gasteiger partial charge in [-0.25, -0.2) is 0 Å². The zero-order valence-electron chi connectivity index (χ0n) is 18.1. The van der Waals surface area contributed by atoms with Crippen molar-refractivity contribution in [3.63, 3.8) is 0 Å². The molecule has 0 saturated carbocycles. The fourth-order valence-corrected chi connectivity index (χ4v) is 4.81. The number of amides is 1. The second-order valence-corrected chi connectivity index (χ2v) is 9.31. The number of hydrogen-bond donors (Lipinski definition) is 1. The Morgan fingerprint density at radius 1 is 1.25 bits per heavy atom. The number of nitrogens with zero attached hydrogens (tertiary/aromatic N) is 1. The number of hydrogen-bond acceptors (Lipinski definition) is 5. The highest BCUT2D eigenvalue weighted by molar-refractivity contribution is 7.17. The van der Waals surface area contributed by atoms with Gasteiger partial charge in [-0.1, -0.05) is 17.7 Å². The first-order valence-corrected chi connectivity index (χ1v) is 11.5. The van der Waals surface area contributed by atoms with Crippen LogP contribution in [0.1, 0.15) is 39.1 Å². The molecule has 0 saturated heterocycles. The number of aryl methyl sites for hydroxylation is 2. The van der Waals surface area contributed by atoms with Crippen molar-refractivity contribution in [2.24, 2.45) is 0 Å². The van der Waals surface area contributed by atoms with E-state index in [1.54, 1.807) is 13.0 Å². The van der Waals surface area contributed by atoms with Crippen molar-refractivity contribution < 1.29 is 14.3 Å². The summed E-state index contributed by atoms with van der Waals surface area (Å²) in [4.78, 5) is 30.0. The maximum atomic E-state index is 12.3. The second-order valence-electron chi connectivity index (χ2n) is 7.82. The van der Waals surface area contributed by atoms with Gasteiger partial charge in [0, 0.05) is 34.3 Å². The number of carbonyl (C=O) groups is 2. The fraction of sp³-hybridized carbons (Fsp3) is 0.240. The van der Waals surface area contributed by atoms with Crippen molar-refractivity contribution in [2.45, 2.75) is 33.3 Å². The van der Waals surface area contributed by atoms with Crippen molar-refractivity contribution in [1.29, 1.82) is 0 Å². The number of carbonyl (C=O) groups excluding carboxylic acids is 2. The first-order valence-electron chi connectivity index (χ1n) is 10.3. The second kappa shape index (κ2) is 9.27. The molecule has 0 fully saturated rings. The molecule has 32 heavy (non-hydrogen) atoms. The van der Waals surface area contributed by atoms with Crippen LogP contribution in [0.25, 0.3) is 16.5 Å². The van der Waals surface area contributed by atoms with Crippen molar-refractivity contribution in [1.82, 2.24) is 10.3 Å². The van der Waals surface area contributed by atoms with E-state index in [4.69, 9.17) is 16.3 Å². The van der Waals surface area contributed by atoms with Crippen LogP contribution in [0.2, 0.25) is 5.02 Å². The lowest BCUT2D eigenvalue weighted by atomic mass is 10.1. The van der Waals surface area contributed by atoms with Crippen molar-refractivity contribution >= 4 is 40.7 Å². The number of nitrogens with one attached hydrogen (secondary N) is 1.